The van der Waals surface area contributed by atoms with Gasteiger partial charge in [0, 0.05) is 0 Å². The summed E-state index contributed by atoms with van der Waals surface area (Å²) in [6, 6.07) is 0. The van der Waals surface area contributed by atoms with Gasteiger partial charge >= 0.3 is 131 Å². The molecule has 0 N–H and O–H groups in total. The van der Waals surface area contributed by atoms with Crippen LogP contribution in [0.4, 0.5) is 8.78 Å². The van der Waals surface area contributed by atoms with Gasteiger partial charge in [-0.3, -0.25) is 0 Å². The molecule has 0 nitrogen and oxygen atoms in total. The van der Waals surface area contributed by atoms with Crippen LogP contribution < -0.4 is 0 Å². The summed E-state index contributed by atoms with van der Waals surface area (Å²) in [4.78, 5) is 0. The first-order chi connectivity index (χ1) is 9.01. The van der Waals surface area contributed by atoms with Gasteiger partial charge in [-0.25, -0.2) is 0 Å². The van der Waals surface area contributed by atoms with E-state index in [0.29, 0.717) is 0 Å². The molecule has 0 saturated heterocycles. The summed E-state index contributed by atoms with van der Waals surface area (Å²) in [5.41, 5.74) is 0. The van der Waals surface area contributed by atoms with Crippen molar-refractivity contribution >= 4 is 34.3 Å². The predicted octanol–water partition coefficient (Wildman–Crippen LogP) is 7.34. The molecular formula is C15H29BrF2Sn. The Morgan fingerprint density at radius 1 is 0.842 bits per heavy atom. The Morgan fingerprint density at radius 3 is 1.47 bits per heavy atom. The third-order valence-corrected chi connectivity index (χ3v) is 21.2. The van der Waals surface area contributed by atoms with Crippen molar-refractivity contribution in [3.05, 3.63) is 10.6 Å². The molecule has 0 amide bonds. The summed E-state index contributed by atoms with van der Waals surface area (Å²) >= 11 is 0.726. The third kappa shape index (κ3) is 8.69. The fourth-order valence-electron chi connectivity index (χ4n) is 2.69. The van der Waals surface area contributed by atoms with Gasteiger partial charge in [0.1, 0.15) is 0 Å². The van der Waals surface area contributed by atoms with E-state index in [2.05, 4.69) is 36.7 Å². The quantitative estimate of drug-likeness (QED) is 0.292. The molecular weight excluding hydrogens is 417 g/mol. The van der Waals surface area contributed by atoms with Crippen LogP contribution in [0.3, 0.4) is 0 Å². The monoisotopic (exact) mass is 446 g/mol. The molecule has 0 fully saturated rings. The maximum atomic E-state index is 12.8. The average Bonchev–Trinajstić information content (AvgIpc) is 2.40. The van der Waals surface area contributed by atoms with E-state index in [4.69, 9.17) is 0 Å². The fourth-order valence-corrected chi connectivity index (χ4v) is 22.0. The van der Waals surface area contributed by atoms with Crippen LogP contribution in [0.25, 0.3) is 0 Å². The first-order valence-corrected chi connectivity index (χ1v) is 16.6. The van der Waals surface area contributed by atoms with Crippen LogP contribution in [-0.4, -0.2) is 18.4 Å². The summed E-state index contributed by atoms with van der Waals surface area (Å²) < 4.78 is 30.4. The minimum absolute atomic E-state index is 0.214. The van der Waals surface area contributed by atoms with Crippen LogP contribution in [0.5, 0.6) is 0 Å². The van der Waals surface area contributed by atoms with Gasteiger partial charge in [-0.05, 0) is 0 Å². The number of allylic oxidation sites excluding steroid dienone is 1. The molecule has 0 aromatic carbocycles. The van der Waals surface area contributed by atoms with Gasteiger partial charge in [-0.1, -0.05) is 0 Å². The first kappa shape index (κ1) is 19.9. The molecule has 0 aliphatic rings. The Morgan fingerprint density at radius 2 is 1.21 bits per heavy atom. The molecule has 0 aromatic heterocycles. The predicted molar refractivity (Wildman–Crippen MR) is 87.9 cm³/mol. The molecule has 0 atom stereocenters. The van der Waals surface area contributed by atoms with Crippen molar-refractivity contribution in [2.45, 2.75) is 77.0 Å². The minimum atomic E-state index is -2.41. The molecule has 0 radical (unpaired) electrons. The van der Waals surface area contributed by atoms with Gasteiger partial charge < -0.3 is 0 Å². The maximum absolute atomic E-state index is 12.8. The van der Waals surface area contributed by atoms with Crippen molar-refractivity contribution < 1.29 is 8.78 Å². The Hall–Kier alpha value is 0.879. The normalized spacial score (nSPS) is 11.7. The van der Waals surface area contributed by atoms with E-state index in [9.17, 15) is 8.78 Å². The van der Waals surface area contributed by atoms with Gasteiger partial charge in [0.15, 0.2) is 0 Å². The number of halogens is 3. The number of hydrogen-bond donors (Lipinski definition) is 0. The molecule has 0 saturated carbocycles. The molecule has 19 heavy (non-hydrogen) atoms. The molecule has 4 heteroatoms. The second-order valence-electron chi connectivity index (χ2n) is 5.65. The zero-order valence-corrected chi connectivity index (χ0v) is 17.1. The Kier molecular flexibility index (Phi) is 12.1. The number of unbranched alkanes of at least 4 members (excludes halogenated alkanes) is 3. The fraction of sp³-hybridized carbons (Fsp3) is 0.867. The molecule has 0 heterocycles. The number of hydrogen-bond acceptors (Lipinski definition) is 0. The van der Waals surface area contributed by atoms with Gasteiger partial charge in [0.05, 0.1) is 0 Å². The zero-order valence-electron chi connectivity index (χ0n) is 12.7. The van der Waals surface area contributed by atoms with Gasteiger partial charge in [0.2, 0.25) is 0 Å². The standard InChI is InChI=1S/3C4H9.C3H2BrF2.Sn/c3*1-3-4-2;1-2(4)3(5)6;/h3*1,3-4H2,2H3;1H2;. The molecule has 0 aliphatic carbocycles. The van der Waals surface area contributed by atoms with Gasteiger partial charge in [0.25, 0.3) is 0 Å². The topological polar surface area (TPSA) is 0 Å². The summed E-state index contributed by atoms with van der Waals surface area (Å²) in [6.07, 6.45) is 5.78. The summed E-state index contributed by atoms with van der Waals surface area (Å²) in [5.74, 6) is 0. The molecule has 0 rings (SSSR count). The molecule has 0 aliphatic heterocycles. The van der Waals surface area contributed by atoms with Crippen LogP contribution >= 0.6 is 15.9 Å². The molecule has 0 spiro atoms. The van der Waals surface area contributed by atoms with Crippen molar-refractivity contribution in [2.75, 3.05) is 0 Å². The molecule has 0 aromatic rings. The first-order valence-electron chi connectivity index (χ1n) is 7.71. The van der Waals surface area contributed by atoms with Gasteiger partial charge in [-0.15, -0.1) is 0 Å². The van der Waals surface area contributed by atoms with E-state index in [1.807, 2.05) is 0 Å². The van der Waals surface area contributed by atoms with E-state index in [-0.39, 0.29) is 4.48 Å². The van der Waals surface area contributed by atoms with Crippen molar-refractivity contribution in [3.8, 4) is 0 Å². The molecule has 0 unspecified atom stereocenters. The van der Waals surface area contributed by atoms with Crippen molar-refractivity contribution in [2.24, 2.45) is 0 Å². The van der Waals surface area contributed by atoms with Crippen LogP contribution in [0.1, 0.15) is 59.3 Å². The van der Waals surface area contributed by atoms with E-state index < -0.39 is 24.5 Å². The Labute approximate surface area is 130 Å². The van der Waals surface area contributed by atoms with Gasteiger partial charge in [-0.2, -0.15) is 0 Å². The van der Waals surface area contributed by atoms with Crippen LogP contribution in [0.2, 0.25) is 17.7 Å². The van der Waals surface area contributed by atoms with Crippen molar-refractivity contribution in [1.29, 1.82) is 0 Å². The van der Waals surface area contributed by atoms with Crippen LogP contribution in [0, 0.1) is 0 Å². The second kappa shape index (κ2) is 11.5. The average molecular weight is 446 g/mol. The summed E-state index contributed by atoms with van der Waals surface area (Å²) in [6.45, 7) is 6.62. The van der Waals surface area contributed by atoms with Crippen molar-refractivity contribution in [1.82, 2.24) is 0 Å². The Balaban J connectivity index is 4.91. The third-order valence-electron chi connectivity index (χ3n) is 3.92. The van der Waals surface area contributed by atoms with E-state index in [1.165, 1.54) is 51.8 Å². The summed E-state index contributed by atoms with van der Waals surface area (Å²) in [7, 11) is 0. The SMILES string of the molecule is CCC[CH2][Sn]([CH2]CCC)([CH2]CCC)[CH2]C(Br)=C(F)F. The number of rotatable bonds is 11. The van der Waals surface area contributed by atoms with Crippen molar-refractivity contribution in [3.63, 3.8) is 0 Å². The van der Waals surface area contributed by atoms with E-state index in [0.717, 1.165) is 4.44 Å². The van der Waals surface area contributed by atoms with Crippen LogP contribution in [0.15, 0.2) is 10.6 Å². The molecule has 114 valence electrons. The zero-order chi connectivity index (χ0) is 14.7. The Bertz CT molecular complexity index is 241. The van der Waals surface area contributed by atoms with E-state index >= 15 is 0 Å². The second-order valence-corrected chi connectivity index (χ2v) is 20.5. The van der Waals surface area contributed by atoms with Crippen LogP contribution in [-0.2, 0) is 0 Å². The molecule has 0 bridgehead atoms. The summed E-state index contributed by atoms with van der Waals surface area (Å²) in [5, 5.41) is 0. The van der Waals surface area contributed by atoms with E-state index in [1.54, 1.807) is 0 Å².